The van der Waals surface area contributed by atoms with E-state index in [2.05, 4.69) is 15.5 Å². The number of carbonyl (C=O) groups excluding carboxylic acids is 1. The zero-order valence-electron chi connectivity index (χ0n) is 11.9. The molecule has 0 radical (unpaired) electrons. The number of anilines is 1. The average Bonchev–Trinajstić information content (AvgIpc) is 3.18. The van der Waals surface area contributed by atoms with Gasteiger partial charge >= 0.3 is 0 Å². The van der Waals surface area contributed by atoms with Gasteiger partial charge in [0, 0.05) is 11.7 Å². The van der Waals surface area contributed by atoms with Crippen LogP contribution in [0.15, 0.2) is 28.6 Å². The summed E-state index contributed by atoms with van der Waals surface area (Å²) in [5.41, 5.74) is 1.03. The van der Waals surface area contributed by atoms with Gasteiger partial charge in [0.2, 0.25) is 11.0 Å². The van der Waals surface area contributed by atoms with Crippen molar-refractivity contribution in [3.8, 4) is 0 Å². The van der Waals surface area contributed by atoms with E-state index in [1.807, 2.05) is 0 Å². The highest BCUT2D eigenvalue weighted by Crippen LogP contribution is 2.30. The van der Waals surface area contributed by atoms with Gasteiger partial charge in [-0.25, -0.2) is 4.39 Å². The quantitative estimate of drug-likeness (QED) is 0.659. The van der Waals surface area contributed by atoms with Crippen molar-refractivity contribution in [2.45, 2.75) is 35.8 Å². The second-order valence-corrected chi connectivity index (χ2v) is 7.46. The van der Waals surface area contributed by atoms with Gasteiger partial charge in [-0.15, -0.1) is 10.2 Å². The molecule has 1 aliphatic rings. The van der Waals surface area contributed by atoms with E-state index in [-0.39, 0.29) is 17.6 Å². The molecule has 0 atom stereocenters. The number of hydrogen-bond acceptors (Lipinski definition) is 5. The van der Waals surface area contributed by atoms with Gasteiger partial charge in [-0.3, -0.25) is 4.79 Å². The fourth-order valence-electron chi connectivity index (χ4n) is 2.44. The van der Waals surface area contributed by atoms with Crippen LogP contribution in [0.4, 0.5) is 9.52 Å². The van der Waals surface area contributed by atoms with E-state index in [0.717, 1.165) is 35.6 Å². The van der Waals surface area contributed by atoms with Gasteiger partial charge < -0.3 is 5.32 Å². The molecule has 7 heteroatoms. The molecule has 1 N–H and O–H groups in total. The highest BCUT2D eigenvalue weighted by molar-refractivity contribution is 8.00. The summed E-state index contributed by atoms with van der Waals surface area (Å²) in [6, 6.07) is 6.41. The summed E-state index contributed by atoms with van der Waals surface area (Å²) in [6.45, 7) is 0. The van der Waals surface area contributed by atoms with Crippen molar-refractivity contribution in [3.63, 3.8) is 0 Å². The molecule has 1 aromatic carbocycles. The summed E-state index contributed by atoms with van der Waals surface area (Å²) in [5.74, 6) is 0.649. The van der Waals surface area contributed by atoms with Crippen LogP contribution in [0.5, 0.6) is 0 Å². The summed E-state index contributed by atoms with van der Waals surface area (Å²) in [7, 11) is 0. The minimum absolute atomic E-state index is 0.0590. The van der Waals surface area contributed by atoms with Crippen LogP contribution in [0.3, 0.4) is 0 Å². The summed E-state index contributed by atoms with van der Waals surface area (Å²) < 4.78 is 13.6. The number of amides is 1. The van der Waals surface area contributed by atoms with E-state index in [9.17, 15) is 9.18 Å². The first-order chi connectivity index (χ1) is 10.7. The van der Waals surface area contributed by atoms with Crippen LogP contribution in [0, 0.1) is 11.7 Å². The molecule has 1 aromatic heterocycles. The third-order valence-electron chi connectivity index (χ3n) is 3.64. The molecule has 1 aliphatic carbocycles. The number of hydrogen-bond donors (Lipinski definition) is 1. The largest absolute Gasteiger partial charge is 0.300 e. The van der Waals surface area contributed by atoms with Gasteiger partial charge in [-0.2, -0.15) is 0 Å². The smallest absolute Gasteiger partial charge is 0.229 e. The molecule has 3 rings (SSSR count). The number of rotatable bonds is 5. The Balaban J connectivity index is 1.52. The topological polar surface area (TPSA) is 54.9 Å². The van der Waals surface area contributed by atoms with Gasteiger partial charge in [0.1, 0.15) is 5.82 Å². The number of carbonyl (C=O) groups is 1. The Morgan fingerprint density at radius 2 is 2.00 bits per heavy atom. The number of thioether (sulfide) groups is 1. The Morgan fingerprint density at radius 1 is 1.27 bits per heavy atom. The number of aromatic nitrogens is 2. The Kier molecular flexibility index (Phi) is 5.04. The fraction of sp³-hybridized carbons (Fsp3) is 0.400. The summed E-state index contributed by atoms with van der Waals surface area (Å²) in [5, 5.41) is 11.5. The molecule has 4 nitrogen and oxygen atoms in total. The van der Waals surface area contributed by atoms with Gasteiger partial charge in [-0.05, 0) is 30.5 Å². The molecule has 2 aromatic rings. The maximum absolute atomic E-state index is 12.8. The lowest BCUT2D eigenvalue weighted by Gasteiger charge is -2.06. The third-order valence-corrected chi connectivity index (χ3v) is 5.68. The van der Waals surface area contributed by atoms with Crippen molar-refractivity contribution in [1.29, 1.82) is 0 Å². The molecule has 1 fully saturated rings. The fourth-order valence-corrected chi connectivity index (χ4v) is 4.15. The molecule has 22 heavy (non-hydrogen) atoms. The minimum atomic E-state index is -0.235. The molecule has 0 bridgehead atoms. The maximum atomic E-state index is 12.8. The van der Waals surface area contributed by atoms with E-state index in [1.54, 1.807) is 12.1 Å². The first-order valence-electron chi connectivity index (χ1n) is 7.22. The molecular weight excluding hydrogens is 321 g/mol. The highest BCUT2D eigenvalue weighted by Gasteiger charge is 2.23. The number of benzene rings is 1. The van der Waals surface area contributed by atoms with Crippen LogP contribution in [-0.4, -0.2) is 16.1 Å². The maximum Gasteiger partial charge on any atom is 0.229 e. The molecule has 1 heterocycles. The van der Waals surface area contributed by atoms with Crippen molar-refractivity contribution in [1.82, 2.24) is 10.2 Å². The van der Waals surface area contributed by atoms with Crippen molar-refractivity contribution in [3.05, 3.63) is 35.6 Å². The van der Waals surface area contributed by atoms with Crippen molar-refractivity contribution < 1.29 is 9.18 Å². The van der Waals surface area contributed by atoms with Crippen LogP contribution in [0.2, 0.25) is 0 Å². The van der Waals surface area contributed by atoms with E-state index in [4.69, 9.17) is 0 Å². The molecule has 0 aliphatic heterocycles. The van der Waals surface area contributed by atoms with Gasteiger partial charge in [0.15, 0.2) is 4.34 Å². The summed E-state index contributed by atoms with van der Waals surface area (Å²) in [6.07, 6.45) is 4.20. The number of nitrogens with zero attached hydrogens (tertiary/aromatic N) is 2. The molecular formula is C15H16FN3OS2. The van der Waals surface area contributed by atoms with Gasteiger partial charge in [0.05, 0.1) is 0 Å². The Morgan fingerprint density at radius 3 is 2.73 bits per heavy atom. The molecule has 1 saturated carbocycles. The number of nitrogens with one attached hydrogen (secondary N) is 1. The molecule has 116 valence electrons. The molecule has 0 saturated heterocycles. The van der Waals surface area contributed by atoms with Crippen LogP contribution in [0.1, 0.15) is 31.2 Å². The van der Waals surface area contributed by atoms with Crippen molar-refractivity contribution in [2.75, 3.05) is 5.32 Å². The van der Waals surface area contributed by atoms with Crippen molar-refractivity contribution in [2.24, 2.45) is 5.92 Å². The lowest BCUT2D eigenvalue weighted by atomic mass is 10.1. The monoisotopic (exact) mass is 337 g/mol. The van der Waals surface area contributed by atoms with Gasteiger partial charge in [-0.1, -0.05) is 48.1 Å². The zero-order chi connectivity index (χ0) is 15.4. The Labute approximate surface area is 136 Å². The average molecular weight is 337 g/mol. The molecule has 0 spiro atoms. The van der Waals surface area contributed by atoms with Crippen LogP contribution >= 0.6 is 23.1 Å². The normalized spacial score (nSPS) is 15.1. The predicted octanol–water partition coefficient (Wildman–Crippen LogP) is 4.10. The second kappa shape index (κ2) is 7.19. The Hall–Kier alpha value is -1.47. The lowest BCUT2D eigenvalue weighted by molar-refractivity contribution is -0.119. The van der Waals surface area contributed by atoms with Crippen LogP contribution in [-0.2, 0) is 10.5 Å². The molecule has 0 unspecified atom stereocenters. The zero-order valence-corrected chi connectivity index (χ0v) is 13.6. The highest BCUT2D eigenvalue weighted by atomic mass is 32.2. The van der Waals surface area contributed by atoms with E-state index < -0.39 is 0 Å². The van der Waals surface area contributed by atoms with E-state index in [1.165, 1.54) is 35.2 Å². The van der Waals surface area contributed by atoms with E-state index in [0.29, 0.717) is 10.9 Å². The summed E-state index contributed by atoms with van der Waals surface area (Å²) >= 11 is 2.91. The first kappa shape index (κ1) is 15.4. The first-order valence-corrected chi connectivity index (χ1v) is 9.02. The van der Waals surface area contributed by atoms with Crippen LogP contribution in [0.25, 0.3) is 0 Å². The van der Waals surface area contributed by atoms with Gasteiger partial charge in [0.25, 0.3) is 0 Å². The standard InChI is InChI=1S/C15H16FN3OS2/c16-12-7-5-10(6-8-12)9-21-15-19-18-14(22-15)17-13(20)11-3-1-2-4-11/h5-8,11H,1-4,9H2,(H,17,18,20). The Bertz CT molecular complexity index is 638. The van der Waals surface area contributed by atoms with E-state index >= 15 is 0 Å². The second-order valence-electron chi connectivity index (χ2n) is 5.26. The lowest BCUT2D eigenvalue weighted by Crippen LogP contribution is -2.20. The number of halogens is 1. The van der Waals surface area contributed by atoms with Crippen molar-refractivity contribution >= 4 is 34.1 Å². The minimum Gasteiger partial charge on any atom is -0.300 e. The summed E-state index contributed by atoms with van der Waals surface area (Å²) in [4.78, 5) is 12.0. The third kappa shape index (κ3) is 4.04. The van der Waals surface area contributed by atoms with Crippen LogP contribution < -0.4 is 5.32 Å². The SMILES string of the molecule is O=C(Nc1nnc(SCc2ccc(F)cc2)s1)C1CCCC1. The molecule has 1 amide bonds. The predicted molar refractivity (Wildman–Crippen MR) is 86.5 cm³/mol.